The molecule has 0 bridgehead atoms. The van der Waals surface area contributed by atoms with Crippen LogP contribution < -0.4 is 0 Å². The van der Waals surface area contributed by atoms with Gasteiger partial charge in [0, 0.05) is 0 Å². The third kappa shape index (κ3) is 1.92. The Labute approximate surface area is 121 Å². The van der Waals surface area contributed by atoms with Crippen molar-refractivity contribution in [3.8, 4) is 0 Å². The molecule has 0 heteroatoms. The number of allylic oxidation sites excluding steroid dienone is 2. The highest BCUT2D eigenvalue weighted by Gasteiger charge is 2.32. The summed E-state index contributed by atoms with van der Waals surface area (Å²) in [7, 11) is 0. The monoisotopic (exact) mass is 260 g/mol. The van der Waals surface area contributed by atoms with Crippen LogP contribution in [0.1, 0.15) is 37.5 Å². The molecule has 0 atom stereocenters. The zero-order valence-corrected chi connectivity index (χ0v) is 12.4. The molecule has 0 radical (unpaired) electrons. The summed E-state index contributed by atoms with van der Waals surface area (Å²) in [5.41, 5.74) is 7.84. The lowest BCUT2D eigenvalue weighted by molar-refractivity contribution is 0.524. The van der Waals surface area contributed by atoms with Gasteiger partial charge in [0.15, 0.2) is 0 Å². The van der Waals surface area contributed by atoms with E-state index in [2.05, 4.69) is 81.9 Å². The molecule has 0 aliphatic heterocycles. The van der Waals surface area contributed by atoms with Crippen LogP contribution in [-0.2, 0) is 0 Å². The molecule has 1 aliphatic carbocycles. The van der Waals surface area contributed by atoms with Crippen molar-refractivity contribution < 1.29 is 0 Å². The van der Waals surface area contributed by atoms with Crippen LogP contribution in [0.2, 0.25) is 0 Å². The normalized spacial score (nSPS) is 14.7. The van der Waals surface area contributed by atoms with Gasteiger partial charge >= 0.3 is 0 Å². The number of benzene rings is 2. The Hall–Kier alpha value is -2.08. The third-order valence-electron chi connectivity index (χ3n) is 3.89. The van der Waals surface area contributed by atoms with Gasteiger partial charge in [-0.2, -0.15) is 0 Å². The summed E-state index contributed by atoms with van der Waals surface area (Å²) in [6.45, 7) is 11.2. The van der Waals surface area contributed by atoms with Crippen LogP contribution in [0.4, 0.5) is 0 Å². The van der Waals surface area contributed by atoms with Gasteiger partial charge in [0.1, 0.15) is 0 Å². The van der Waals surface area contributed by atoms with Gasteiger partial charge < -0.3 is 0 Å². The SMILES string of the molecule is C=C1C(C(C)(C)C)=C(c2ccccc2)c2ccccc21. The van der Waals surface area contributed by atoms with Crippen LogP contribution in [-0.4, -0.2) is 0 Å². The van der Waals surface area contributed by atoms with Gasteiger partial charge in [0.05, 0.1) is 0 Å². The summed E-state index contributed by atoms with van der Waals surface area (Å²) in [5.74, 6) is 0. The van der Waals surface area contributed by atoms with Gasteiger partial charge in [-0.3, -0.25) is 0 Å². The molecule has 0 aromatic heterocycles. The molecule has 2 aromatic rings. The lowest BCUT2D eigenvalue weighted by atomic mass is 9.80. The van der Waals surface area contributed by atoms with Crippen molar-refractivity contribution >= 4 is 11.1 Å². The first-order valence-corrected chi connectivity index (χ1v) is 7.09. The van der Waals surface area contributed by atoms with Gasteiger partial charge in [-0.15, -0.1) is 0 Å². The van der Waals surface area contributed by atoms with E-state index in [0.717, 1.165) is 0 Å². The molecule has 0 saturated carbocycles. The molecule has 3 rings (SSSR count). The molecular weight excluding hydrogens is 240 g/mol. The maximum atomic E-state index is 4.36. The summed E-state index contributed by atoms with van der Waals surface area (Å²) in [6.07, 6.45) is 0. The standard InChI is InChI=1S/C20H20/c1-14-16-12-8-9-13-17(16)18(19(14)20(2,3)4)15-10-6-5-7-11-15/h5-13H,1H2,2-4H3. The second kappa shape index (κ2) is 4.49. The van der Waals surface area contributed by atoms with E-state index in [1.807, 2.05) is 0 Å². The maximum Gasteiger partial charge on any atom is -0.00618 e. The van der Waals surface area contributed by atoms with Crippen molar-refractivity contribution in [3.05, 3.63) is 83.4 Å². The third-order valence-corrected chi connectivity index (χ3v) is 3.89. The Morgan fingerprint density at radius 1 is 0.750 bits per heavy atom. The van der Waals surface area contributed by atoms with Crippen LogP contribution in [0, 0.1) is 5.41 Å². The average molecular weight is 260 g/mol. The van der Waals surface area contributed by atoms with Gasteiger partial charge in [-0.25, -0.2) is 0 Å². The summed E-state index contributed by atoms with van der Waals surface area (Å²) in [5, 5.41) is 0. The molecule has 0 nitrogen and oxygen atoms in total. The zero-order valence-electron chi connectivity index (χ0n) is 12.4. The largest absolute Gasteiger partial charge is 0.0908 e. The first kappa shape index (κ1) is 12.9. The van der Waals surface area contributed by atoms with Gasteiger partial charge in [-0.1, -0.05) is 81.9 Å². The molecule has 0 heterocycles. The Morgan fingerprint density at radius 2 is 1.30 bits per heavy atom. The maximum absolute atomic E-state index is 4.36. The van der Waals surface area contributed by atoms with Crippen molar-refractivity contribution in [1.29, 1.82) is 0 Å². The molecule has 2 aromatic carbocycles. The quantitative estimate of drug-likeness (QED) is 0.629. The van der Waals surface area contributed by atoms with E-state index in [-0.39, 0.29) is 5.41 Å². The van der Waals surface area contributed by atoms with E-state index in [1.165, 1.54) is 33.4 Å². The van der Waals surface area contributed by atoms with E-state index >= 15 is 0 Å². The molecular formula is C20H20. The smallest absolute Gasteiger partial charge is 0.00618 e. The van der Waals surface area contributed by atoms with E-state index < -0.39 is 0 Å². The van der Waals surface area contributed by atoms with Crippen molar-refractivity contribution in [2.45, 2.75) is 20.8 Å². The Morgan fingerprint density at radius 3 is 1.90 bits per heavy atom. The second-order valence-electron chi connectivity index (χ2n) is 6.39. The minimum atomic E-state index is 0.0846. The highest BCUT2D eigenvalue weighted by Crippen LogP contribution is 2.50. The molecule has 20 heavy (non-hydrogen) atoms. The Bertz CT molecular complexity index is 694. The van der Waals surface area contributed by atoms with Gasteiger partial charge in [-0.05, 0) is 38.8 Å². The van der Waals surface area contributed by atoms with Crippen molar-refractivity contribution in [2.75, 3.05) is 0 Å². The minimum absolute atomic E-state index is 0.0846. The van der Waals surface area contributed by atoms with E-state index in [0.29, 0.717) is 0 Å². The predicted octanol–water partition coefficient (Wildman–Crippen LogP) is 5.56. The molecule has 100 valence electrons. The fourth-order valence-electron chi connectivity index (χ4n) is 3.12. The summed E-state index contributed by atoms with van der Waals surface area (Å²) < 4.78 is 0. The summed E-state index contributed by atoms with van der Waals surface area (Å²) in [4.78, 5) is 0. The molecule has 0 amide bonds. The lowest BCUT2D eigenvalue weighted by Gasteiger charge is -2.24. The fourth-order valence-corrected chi connectivity index (χ4v) is 3.12. The zero-order chi connectivity index (χ0) is 14.3. The second-order valence-corrected chi connectivity index (χ2v) is 6.39. The Kier molecular flexibility index (Phi) is 2.90. The van der Waals surface area contributed by atoms with Crippen molar-refractivity contribution in [2.24, 2.45) is 5.41 Å². The van der Waals surface area contributed by atoms with Crippen molar-refractivity contribution in [3.63, 3.8) is 0 Å². The topological polar surface area (TPSA) is 0 Å². The van der Waals surface area contributed by atoms with Crippen LogP contribution in [0.5, 0.6) is 0 Å². The minimum Gasteiger partial charge on any atom is -0.0908 e. The van der Waals surface area contributed by atoms with Crippen LogP contribution >= 0.6 is 0 Å². The van der Waals surface area contributed by atoms with E-state index in [9.17, 15) is 0 Å². The first-order valence-electron chi connectivity index (χ1n) is 7.09. The van der Waals surface area contributed by atoms with Crippen LogP contribution in [0.15, 0.2) is 66.7 Å². The van der Waals surface area contributed by atoms with Crippen LogP contribution in [0.3, 0.4) is 0 Å². The molecule has 0 N–H and O–H groups in total. The number of rotatable bonds is 1. The van der Waals surface area contributed by atoms with E-state index in [4.69, 9.17) is 0 Å². The molecule has 0 spiro atoms. The lowest BCUT2D eigenvalue weighted by Crippen LogP contribution is -2.10. The number of hydrogen-bond donors (Lipinski definition) is 0. The average Bonchev–Trinajstić information content (AvgIpc) is 2.74. The Balaban J connectivity index is 2.34. The summed E-state index contributed by atoms with van der Waals surface area (Å²) >= 11 is 0. The predicted molar refractivity (Wildman–Crippen MR) is 87.4 cm³/mol. The first-order chi connectivity index (χ1) is 9.50. The highest BCUT2D eigenvalue weighted by atomic mass is 14.4. The van der Waals surface area contributed by atoms with Gasteiger partial charge in [0.25, 0.3) is 0 Å². The van der Waals surface area contributed by atoms with Gasteiger partial charge in [0.2, 0.25) is 0 Å². The van der Waals surface area contributed by atoms with Crippen LogP contribution in [0.25, 0.3) is 11.1 Å². The molecule has 0 fully saturated rings. The molecule has 0 unspecified atom stereocenters. The summed E-state index contributed by atoms with van der Waals surface area (Å²) in [6, 6.07) is 19.3. The number of fused-ring (bicyclic) bond motifs is 1. The molecule has 0 saturated heterocycles. The fraction of sp³-hybridized carbons (Fsp3) is 0.200. The highest BCUT2D eigenvalue weighted by molar-refractivity contribution is 6.04. The van der Waals surface area contributed by atoms with E-state index in [1.54, 1.807) is 0 Å². The van der Waals surface area contributed by atoms with Crippen molar-refractivity contribution in [1.82, 2.24) is 0 Å². The molecule has 1 aliphatic rings. The number of hydrogen-bond acceptors (Lipinski definition) is 0.